The topological polar surface area (TPSA) is 55.1 Å². The summed E-state index contributed by atoms with van der Waals surface area (Å²) in [6.45, 7) is 0. The van der Waals surface area contributed by atoms with Crippen molar-refractivity contribution in [2.45, 2.75) is 0 Å². The van der Waals surface area contributed by atoms with Crippen LogP contribution >= 0.6 is 0 Å². The van der Waals surface area contributed by atoms with Crippen LogP contribution in [0.25, 0.3) is 5.57 Å². The monoisotopic (exact) mass is 200 g/mol. The van der Waals surface area contributed by atoms with Gasteiger partial charge in [-0.2, -0.15) is 0 Å². The first-order chi connectivity index (χ1) is 7.31. The van der Waals surface area contributed by atoms with Crippen LogP contribution in [-0.4, -0.2) is 5.91 Å². The zero-order valence-corrected chi connectivity index (χ0v) is 8.18. The SMILES string of the molecule is NNC(=O)C1C=CC(c2ccccc2)=C1. The lowest BCUT2D eigenvalue weighted by molar-refractivity contribution is -0.122. The minimum absolute atomic E-state index is 0.183. The van der Waals surface area contributed by atoms with Gasteiger partial charge in [0.15, 0.2) is 0 Å². The molecule has 1 aromatic carbocycles. The van der Waals surface area contributed by atoms with Crippen LogP contribution in [0, 0.1) is 5.92 Å². The van der Waals surface area contributed by atoms with E-state index in [9.17, 15) is 4.79 Å². The first-order valence-corrected chi connectivity index (χ1v) is 4.77. The van der Waals surface area contributed by atoms with Crippen molar-refractivity contribution < 1.29 is 4.79 Å². The molecule has 0 aliphatic heterocycles. The fraction of sp³-hybridized carbons (Fsp3) is 0.0833. The van der Waals surface area contributed by atoms with E-state index in [4.69, 9.17) is 5.84 Å². The van der Waals surface area contributed by atoms with Crippen molar-refractivity contribution in [2.75, 3.05) is 0 Å². The van der Waals surface area contributed by atoms with Crippen molar-refractivity contribution >= 4 is 11.5 Å². The molecule has 3 heteroatoms. The van der Waals surface area contributed by atoms with Crippen LogP contribution in [0.15, 0.2) is 48.6 Å². The Balaban J connectivity index is 2.22. The number of nitrogens with one attached hydrogen (secondary N) is 1. The maximum Gasteiger partial charge on any atom is 0.244 e. The lowest BCUT2D eigenvalue weighted by Crippen LogP contribution is -2.34. The first kappa shape index (κ1) is 9.68. The van der Waals surface area contributed by atoms with Crippen LogP contribution in [-0.2, 0) is 4.79 Å². The number of nitrogens with two attached hydrogens (primary N) is 1. The Bertz CT molecular complexity index is 421. The molecule has 1 aliphatic rings. The van der Waals surface area contributed by atoms with E-state index in [2.05, 4.69) is 5.43 Å². The average Bonchev–Trinajstić information content (AvgIpc) is 2.78. The van der Waals surface area contributed by atoms with Gasteiger partial charge in [-0.3, -0.25) is 10.2 Å². The second-order valence-corrected chi connectivity index (χ2v) is 3.38. The largest absolute Gasteiger partial charge is 0.293 e. The number of hydrazine groups is 1. The predicted octanol–water partition coefficient (Wildman–Crippen LogP) is 1.25. The lowest BCUT2D eigenvalue weighted by Gasteiger charge is -2.02. The number of amides is 1. The van der Waals surface area contributed by atoms with Gasteiger partial charge in [-0.1, -0.05) is 48.6 Å². The fourth-order valence-electron chi connectivity index (χ4n) is 1.59. The predicted molar refractivity (Wildman–Crippen MR) is 59.4 cm³/mol. The van der Waals surface area contributed by atoms with E-state index < -0.39 is 0 Å². The molecule has 0 fully saturated rings. The Hall–Kier alpha value is -1.87. The quantitative estimate of drug-likeness (QED) is 0.429. The number of hydrogen-bond donors (Lipinski definition) is 2. The summed E-state index contributed by atoms with van der Waals surface area (Å²) in [7, 11) is 0. The van der Waals surface area contributed by atoms with Gasteiger partial charge in [0.2, 0.25) is 5.91 Å². The molecule has 76 valence electrons. The number of allylic oxidation sites excluding steroid dienone is 2. The van der Waals surface area contributed by atoms with Gasteiger partial charge in [0.05, 0.1) is 5.92 Å². The lowest BCUT2D eigenvalue weighted by atomic mass is 10.1. The third kappa shape index (κ3) is 1.97. The third-order valence-corrected chi connectivity index (χ3v) is 2.39. The molecular formula is C12H12N2O. The summed E-state index contributed by atoms with van der Waals surface area (Å²) in [5.74, 6) is 4.64. The highest BCUT2D eigenvalue weighted by Crippen LogP contribution is 2.24. The highest BCUT2D eigenvalue weighted by Gasteiger charge is 2.16. The van der Waals surface area contributed by atoms with E-state index >= 15 is 0 Å². The molecule has 1 unspecified atom stereocenters. The van der Waals surface area contributed by atoms with Crippen LogP contribution in [0.4, 0.5) is 0 Å². The standard InChI is InChI=1S/C12H12N2O/c13-14-12(15)11-7-6-10(8-11)9-4-2-1-3-5-9/h1-8,11H,13H2,(H,14,15). The summed E-state index contributed by atoms with van der Waals surface area (Å²) < 4.78 is 0. The maximum absolute atomic E-state index is 11.3. The fourth-order valence-corrected chi connectivity index (χ4v) is 1.59. The van der Waals surface area contributed by atoms with Gasteiger partial charge in [0, 0.05) is 0 Å². The zero-order valence-electron chi connectivity index (χ0n) is 8.18. The number of rotatable bonds is 2. The van der Waals surface area contributed by atoms with Gasteiger partial charge in [0.25, 0.3) is 0 Å². The molecule has 1 atom stereocenters. The van der Waals surface area contributed by atoms with Gasteiger partial charge in [0.1, 0.15) is 0 Å². The van der Waals surface area contributed by atoms with Gasteiger partial charge in [-0.25, -0.2) is 5.84 Å². The van der Waals surface area contributed by atoms with Gasteiger partial charge in [-0.15, -0.1) is 0 Å². The molecule has 1 amide bonds. The summed E-state index contributed by atoms with van der Waals surface area (Å²) in [6.07, 6.45) is 5.68. The number of carbonyl (C=O) groups is 1. The Morgan fingerprint density at radius 2 is 2.00 bits per heavy atom. The van der Waals surface area contributed by atoms with Crippen molar-refractivity contribution in [3.05, 3.63) is 54.1 Å². The van der Waals surface area contributed by atoms with Crippen molar-refractivity contribution in [1.29, 1.82) is 0 Å². The molecule has 3 N–H and O–H groups in total. The minimum Gasteiger partial charge on any atom is -0.293 e. The van der Waals surface area contributed by atoms with Crippen molar-refractivity contribution in [3.8, 4) is 0 Å². The third-order valence-electron chi connectivity index (χ3n) is 2.39. The van der Waals surface area contributed by atoms with Crippen molar-refractivity contribution in [3.63, 3.8) is 0 Å². The molecule has 2 rings (SSSR count). The van der Waals surface area contributed by atoms with E-state index in [1.54, 1.807) is 0 Å². The molecule has 1 aromatic rings. The summed E-state index contributed by atoms with van der Waals surface area (Å²) in [5.41, 5.74) is 4.32. The highest BCUT2D eigenvalue weighted by molar-refractivity contribution is 5.89. The van der Waals surface area contributed by atoms with Crippen molar-refractivity contribution in [1.82, 2.24) is 5.43 Å². The number of benzene rings is 1. The highest BCUT2D eigenvalue weighted by atomic mass is 16.2. The van der Waals surface area contributed by atoms with E-state index in [0.29, 0.717) is 0 Å². The zero-order chi connectivity index (χ0) is 10.7. The molecule has 1 aliphatic carbocycles. The average molecular weight is 200 g/mol. The van der Waals surface area contributed by atoms with Crippen LogP contribution in [0.2, 0.25) is 0 Å². The van der Waals surface area contributed by atoms with Gasteiger partial charge in [-0.05, 0) is 11.1 Å². The molecule has 0 bridgehead atoms. The molecule has 0 saturated carbocycles. The maximum atomic E-state index is 11.3. The van der Waals surface area contributed by atoms with Crippen LogP contribution < -0.4 is 11.3 Å². The van der Waals surface area contributed by atoms with E-state index in [0.717, 1.165) is 11.1 Å². The van der Waals surface area contributed by atoms with E-state index in [1.165, 1.54) is 0 Å². The summed E-state index contributed by atoms with van der Waals surface area (Å²) >= 11 is 0. The summed E-state index contributed by atoms with van der Waals surface area (Å²) in [4.78, 5) is 11.3. The van der Waals surface area contributed by atoms with E-state index in [1.807, 2.05) is 48.6 Å². The molecule has 0 aromatic heterocycles. The molecule has 0 spiro atoms. The second kappa shape index (κ2) is 4.11. The molecule has 0 saturated heterocycles. The number of carbonyl (C=O) groups excluding carboxylic acids is 1. The first-order valence-electron chi connectivity index (χ1n) is 4.77. The normalized spacial score (nSPS) is 18.7. The Morgan fingerprint density at radius 3 is 2.67 bits per heavy atom. The Kier molecular flexibility index (Phi) is 2.65. The summed E-state index contributed by atoms with van der Waals surface area (Å²) in [6, 6.07) is 9.94. The smallest absolute Gasteiger partial charge is 0.244 e. The Labute approximate surface area is 88.3 Å². The van der Waals surface area contributed by atoms with Crippen LogP contribution in [0.5, 0.6) is 0 Å². The van der Waals surface area contributed by atoms with Crippen LogP contribution in [0.1, 0.15) is 5.56 Å². The van der Waals surface area contributed by atoms with Crippen LogP contribution in [0.3, 0.4) is 0 Å². The molecule has 0 radical (unpaired) electrons. The number of hydrogen-bond acceptors (Lipinski definition) is 2. The molecule has 0 heterocycles. The summed E-state index contributed by atoms with van der Waals surface area (Å²) in [5, 5.41) is 0. The molecule has 15 heavy (non-hydrogen) atoms. The van der Waals surface area contributed by atoms with Gasteiger partial charge >= 0.3 is 0 Å². The van der Waals surface area contributed by atoms with Gasteiger partial charge < -0.3 is 0 Å². The van der Waals surface area contributed by atoms with E-state index in [-0.39, 0.29) is 11.8 Å². The van der Waals surface area contributed by atoms with Crippen molar-refractivity contribution in [2.24, 2.45) is 11.8 Å². The Morgan fingerprint density at radius 1 is 1.27 bits per heavy atom. The molecule has 3 nitrogen and oxygen atoms in total. The molecular weight excluding hydrogens is 188 g/mol. The second-order valence-electron chi connectivity index (χ2n) is 3.38. The minimum atomic E-state index is -0.245.